The summed E-state index contributed by atoms with van der Waals surface area (Å²) < 4.78 is 0. The molecule has 0 saturated heterocycles. The van der Waals surface area contributed by atoms with Gasteiger partial charge in [0.15, 0.2) is 0 Å². The van der Waals surface area contributed by atoms with E-state index >= 15 is 0 Å². The summed E-state index contributed by atoms with van der Waals surface area (Å²) in [5.74, 6) is 0. The van der Waals surface area contributed by atoms with Crippen LogP contribution < -0.4 is 15.9 Å². The number of benzene rings is 4. The lowest BCUT2D eigenvalue weighted by molar-refractivity contribution is 0.641. The van der Waals surface area contributed by atoms with Crippen molar-refractivity contribution >= 4 is 25.3 Å². The van der Waals surface area contributed by atoms with Gasteiger partial charge in [-0.25, -0.2) is 0 Å². The van der Waals surface area contributed by atoms with E-state index in [1.54, 1.807) is 0 Å². The Balaban J connectivity index is 1.66. The van der Waals surface area contributed by atoms with Gasteiger partial charge in [-0.05, 0) is 48.4 Å². The largest absolute Gasteiger partial charge is 0.378 e. The van der Waals surface area contributed by atoms with Crippen molar-refractivity contribution in [1.29, 1.82) is 0 Å². The number of hydrogen-bond donors (Lipinski definition) is 1. The van der Waals surface area contributed by atoms with Gasteiger partial charge in [0, 0.05) is 13.7 Å². The third-order valence-corrected chi connectivity index (χ3v) is 9.65. The Kier molecular flexibility index (Phi) is 7.36. The molecular weight excluding hydrogens is 392 g/mol. The van der Waals surface area contributed by atoms with E-state index in [0.29, 0.717) is 0 Å². The molecule has 0 aliphatic heterocycles. The summed E-state index contributed by atoms with van der Waals surface area (Å²) in [5.41, 5.74) is 2.85. The zero-order valence-electron chi connectivity index (χ0n) is 17.8. The molecular formula is C28H28BNP+. The first kappa shape index (κ1) is 21.6. The Labute approximate surface area is 188 Å². The van der Waals surface area contributed by atoms with Crippen LogP contribution in [0.5, 0.6) is 0 Å². The second kappa shape index (κ2) is 10.6. The maximum Gasteiger partial charge on any atom is 0.378 e. The lowest BCUT2D eigenvalue weighted by Gasteiger charge is -2.33. The van der Waals surface area contributed by atoms with E-state index in [4.69, 9.17) is 7.57 Å². The molecule has 0 bridgehead atoms. The highest BCUT2D eigenvalue weighted by atomic mass is 31.2. The van der Waals surface area contributed by atoms with Gasteiger partial charge in [0.1, 0.15) is 0 Å². The molecule has 0 heterocycles. The Hall–Kier alpha value is -2.67. The van der Waals surface area contributed by atoms with Crippen molar-refractivity contribution < 1.29 is 0 Å². The highest BCUT2D eigenvalue weighted by molar-refractivity contribution is 8.08. The predicted octanol–water partition coefficient (Wildman–Crippen LogP) is 5.66. The van der Waals surface area contributed by atoms with Gasteiger partial charge in [-0.1, -0.05) is 97.1 Å². The molecule has 0 unspecified atom stereocenters. The van der Waals surface area contributed by atoms with Crippen molar-refractivity contribution in [2.45, 2.75) is 18.6 Å². The second-order valence-corrected chi connectivity index (χ2v) is 11.0. The molecule has 0 aliphatic rings. The topological polar surface area (TPSA) is 12.0 Å². The molecule has 1 nitrogen and oxygen atoms in total. The summed E-state index contributed by atoms with van der Waals surface area (Å²) in [4.78, 5) is 0. The highest BCUT2D eigenvalue weighted by Crippen LogP contribution is 2.65. The van der Waals surface area contributed by atoms with Gasteiger partial charge in [0.05, 0.1) is 16.3 Å². The minimum Gasteiger partial charge on any atom is -0.313 e. The van der Waals surface area contributed by atoms with Crippen LogP contribution in [-0.4, -0.2) is 14.1 Å². The van der Waals surface area contributed by atoms with Gasteiger partial charge in [0.25, 0.3) is 0 Å². The van der Waals surface area contributed by atoms with E-state index in [9.17, 15) is 0 Å². The van der Waals surface area contributed by atoms with Gasteiger partial charge >= 0.3 is 7.57 Å². The first-order valence-electron chi connectivity index (χ1n) is 10.9. The number of hydrogen-bond acceptors (Lipinski definition) is 1. The van der Waals surface area contributed by atoms with Gasteiger partial charge in [-0.15, -0.1) is 0 Å². The second-order valence-electron chi connectivity index (χ2n) is 7.83. The maximum atomic E-state index is 7.49. The van der Waals surface area contributed by atoms with Crippen LogP contribution in [0, 0.1) is 0 Å². The molecule has 0 aliphatic carbocycles. The first-order chi connectivity index (χ1) is 15.3. The summed E-state index contributed by atoms with van der Waals surface area (Å²) in [6.45, 7) is 1.78. The lowest BCUT2D eigenvalue weighted by atomic mass is 10.1. The fraction of sp³-hybridized carbons (Fsp3) is 0.143. The van der Waals surface area contributed by atoms with E-state index < -0.39 is 7.14 Å². The molecule has 0 spiro atoms. The summed E-state index contributed by atoms with van der Waals surface area (Å²) in [7, 11) is 5.34. The zero-order valence-corrected chi connectivity index (χ0v) is 18.7. The van der Waals surface area contributed by atoms with Crippen LogP contribution in [0.3, 0.4) is 0 Å². The van der Waals surface area contributed by atoms with Crippen molar-refractivity contribution in [3.05, 3.63) is 132 Å². The fourth-order valence-corrected chi connectivity index (χ4v) is 7.73. The van der Waals surface area contributed by atoms with Crippen LogP contribution in [0.2, 0.25) is 0 Å². The van der Waals surface area contributed by atoms with Gasteiger partial charge in [-0.3, -0.25) is 0 Å². The summed E-state index contributed by atoms with van der Waals surface area (Å²) in [6.07, 6.45) is 0.977. The highest BCUT2D eigenvalue weighted by Gasteiger charge is 2.45. The van der Waals surface area contributed by atoms with Crippen LogP contribution in [0.25, 0.3) is 0 Å². The molecule has 4 aromatic rings. The molecule has 4 aromatic carbocycles. The van der Waals surface area contributed by atoms with Crippen molar-refractivity contribution in [3.63, 3.8) is 0 Å². The van der Waals surface area contributed by atoms with Gasteiger partial charge in [0.2, 0.25) is 0 Å². The fourth-order valence-electron chi connectivity index (χ4n) is 4.21. The number of nitrogens with one attached hydrogen (secondary N) is 1. The maximum absolute atomic E-state index is 7.49. The normalized spacial score (nSPS) is 12.4. The van der Waals surface area contributed by atoms with E-state index in [2.05, 4.69) is 127 Å². The van der Waals surface area contributed by atoms with Crippen molar-refractivity contribution in [2.75, 3.05) is 6.54 Å². The Morgan fingerprint density at radius 2 is 1.06 bits per heavy atom. The SMILES string of the molecule is [B][P+](c1ccccc1)(c1ccccc1)[C@@H](CCNCc1ccccc1)c1ccccc1. The number of rotatable bonds is 9. The Bertz CT molecular complexity index is 1000. The minimum absolute atomic E-state index is 0.238. The van der Waals surface area contributed by atoms with Crippen LogP contribution >= 0.6 is 7.14 Å². The molecule has 0 saturated carbocycles. The zero-order chi connectivity index (χ0) is 21.4. The molecule has 1 atom stereocenters. The minimum atomic E-state index is -2.16. The quantitative estimate of drug-likeness (QED) is 0.209. The lowest BCUT2D eigenvalue weighted by Crippen LogP contribution is -2.29. The summed E-state index contributed by atoms with van der Waals surface area (Å²) in [5, 5.41) is 6.14. The molecule has 0 fully saturated rings. The first-order valence-corrected chi connectivity index (χ1v) is 12.8. The summed E-state index contributed by atoms with van der Waals surface area (Å²) >= 11 is 0. The van der Waals surface area contributed by atoms with Crippen LogP contribution in [0.1, 0.15) is 23.2 Å². The van der Waals surface area contributed by atoms with Gasteiger partial charge < -0.3 is 5.32 Å². The van der Waals surface area contributed by atoms with Crippen LogP contribution in [-0.2, 0) is 6.54 Å². The van der Waals surface area contributed by atoms with Crippen molar-refractivity contribution in [1.82, 2.24) is 5.32 Å². The van der Waals surface area contributed by atoms with E-state index in [1.165, 1.54) is 21.7 Å². The molecule has 0 amide bonds. The van der Waals surface area contributed by atoms with Crippen molar-refractivity contribution in [3.8, 4) is 0 Å². The van der Waals surface area contributed by atoms with Crippen LogP contribution in [0.4, 0.5) is 0 Å². The Morgan fingerprint density at radius 1 is 0.613 bits per heavy atom. The molecule has 0 aromatic heterocycles. The smallest absolute Gasteiger partial charge is 0.313 e. The molecule has 31 heavy (non-hydrogen) atoms. The van der Waals surface area contributed by atoms with E-state index in [0.717, 1.165) is 19.5 Å². The third kappa shape index (κ3) is 5.16. The average molecular weight is 420 g/mol. The predicted molar refractivity (Wildman–Crippen MR) is 137 cm³/mol. The molecule has 3 heteroatoms. The average Bonchev–Trinajstić information content (AvgIpc) is 2.86. The van der Waals surface area contributed by atoms with Crippen LogP contribution in [0.15, 0.2) is 121 Å². The molecule has 152 valence electrons. The third-order valence-electron chi connectivity index (χ3n) is 5.81. The molecule has 1 N–H and O–H groups in total. The molecule has 4 rings (SSSR count). The standard InChI is InChI=1S/C28H28BNP/c29-31(26-17-9-3-10-18-26,27-19-11-4-12-20-27)28(25-15-7-2-8-16-25)21-22-30-23-24-13-5-1-6-14-24/h1-20,28,30H,21-23H2/q+1/t28-/m0/s1. The molecule has 2 radical (unpaired) electrons. The Morgan fingerprint density at radius 3 is 1.58 bits per heavy atom. The monoisotopic (exact) mass is 420 g/mol. The summed E-state index contributed by atoms with van der Waals surface area (Å²) in [6, 6.07) is 42.7. The van der Waals surface area contributed by atoms with Gasteiger partial charge in [-0.2, -0.15) is 0 Å². The van der Waals surface area contributed by atoms with E-state index in [-0.39, 0.29) is 5.66 Å². The van der Waals surface area contributed by atoms with Crippen molar-refractivity contribution in [2.24, 2.45) is 0 Å². The van der Waals surface area contributed by atoms with E-state index in [1.807, 2.05) is 0 Å².